The largest absolute Gasteiger partial charge is 0.475 e. The van der Waals surface area contributed by atoms with Crippen molar-refractivity contribution in [2.45, 2.75) is 258 Å². The smallest absolute Gasteiger partial charge is 0.462 e. The van der Waals surface area contributed by atoms with Crippen LogP contribution in [0.3, 0.4) is 0 Å². The van der Waals surface area contributed by atoms with Crippen molar-refractivity contribution in [3.63, 3.8) is 0 Å². The van der Waals surface area contributed by atoms with Crippen molar-refractivity contribution in [3.8, 4) is 0 Å². The van der Waals surface area contributed by atoms with E-state index in [0.29, 0.717) is 25.7 Å². The Morgan fingerprint density at radius 3 is 1.46 bits per heavy atom. The minimum atomic E-state index is -3.81. The number of phosphoric ester groups is 1. The molecule has 2 unspecified atom stereocenters. The molecule has 0 radical (unpaired) electrons. The Bertz CT molecular complexity index is 932. The van der Waals surface area contributed by atoms with Crippen LogP contribution in [0, 0.1) is 0 Å². The van der Waals surface area contributed by atoms with Crippen molar-refractivity contribution >= 4 is 19.7 Å². The first kappa shape index (κ1) is 54.8. The zero-order valence-corrected chi connectivity index (χ0v) is 38.3. The molecule has 0 heterocycles. The lowest BCUT2D eigenvalue weighted by atomic mass is 10.0. The van der Waals surface area contributed by atoms with Gasteiger partial charge in [-0.1, -0.05) is 188 Å². The molecule has 0 aromatic heterocycles. The van der Waals surface area contributed by atoms with Crippen molar-refractivity contribution in [1.29, 1.82) is 0 Å². The standard InChI is InChI=1S/C47H92NO7P/c1-6-11-14-17-20-22-24-25-27-30-33-39-46(49)48-44(43-54-56(51,52-41-9-4)53-42-10-5)36-35-38-45(37-32-29-19-16-13-8-3)55-47(50)40-34-31-28-26-23-21-18-15-12-7-2/h9,44-45H,4,6-8,10-43H2,1-3,5H3,(H,48,49)/t44-,45?,56?/m1/s1. The second-order valence-corrected chi connectivity index (χ2v) is 17.9. The molecule has 9 heteroatoms. The lowest BCUT2D eigenvalue weighted by molar-refractivity contribution is -0.150. The Morgan fingerprint density at radius 1 is 0.536 bits per heavy atom. The van der Waals surface area contributed by atoms with Crippen molar-refractivity contribution < 1.29 is 32.5 Å². The van der Waals surface area contributed by atoms with E-state index in [0.717, 1.165) is 64.2 Å². The van der Waals surface area contributed by atoms with Gasteiger partial charge in [-0.05, 0) is 51.4 Å². The maximum absolute atomic E-state index is 13.3. The molecule has 1 N–H and O–H groups in total. The molecule has 3 atom stereocenters. The number of ether oxygens (including phenoxy) is 1. The van der Waals surface area contributed by atoms with E-state index in [9.17, 15) is 14.2 Å². The zero-order chi connectivity index (χ0) is 41.2. The highest BCUT2D eigenvalue weighted by Gasteiger charge is 2.28. The molecule has 8 nitrogen and oxygen atoms in total. The second kappa shape index (κ2) is 41.9. The van der Waals surface area contributed by atoms with Gasteiger partial charge in [-0.2, -0.15) is 0 Å². The number of hydrogen-bond acceptors (Lipinski definition) is 7. The van der Waals surface area contributed by atoms with E-state index < -0.39 is 7.82 Å². The highest BCUT2D eigenvalue weighted by Crippen LogP contribution is 2.49. The zero-order valence-electron chi connectivity index (χ0n) is 37.4. The number of rotatable bonds is 45. The number of carbonyl (C=O) groups is 2. The molecule has 0 aliphatic heterocycles. The normalized spacial score (nSPS) is 13.6. The van der Waals surface area contributed by atoms with Crippen LogP contribution in [0.5, 0.6) is 0 Å². The molecule has 0 saturated carbocycles. The summed E-state index contributed by atoms with van der Waals surface area (Å²) in [6, 6.07) is -0.363. The Morgan fingerprint density at radius 2 is 0.982 bits per heavy atom. The molecule has 0 spiro atoms. The van der Waals surface area contributed by atoms with Gasteiger partial charge in [0.2, 0.25) is 5.91 Å². The van der Waals surface area contributed by atoms with Gasteiger partial charge in [0.15, 0.2) is 0 Å². The predicted octanol–water partition coefficient (Wildman–Crippen LogP) is 15.1. The van der Waals surface area contributed by atoms with Crippen molar-refractivity contribution in [2.75, 3.05) is 19.8 Å². The minimum absolute atomic E-state index is 0.0163. The first-order valence-electron chi connectivity index (χ1n) is 24.0. The summed E-state index contributed by atoms with van der Waals surface area (Å²) < 4.78 is 36.2. The molecule has 0 fully saturated rings. The van der Waals surface area contributed by atoms with Crippen molar-refractivity contribution in [2.24, 2.45) is 0 Å². The fourth-order valence-electron chi connectivity index (χ4n) is 7.09. The second-order valence-electron chi connectivity index (χ2n) is 16.2. The minimum Gasteiger partial charge on any atom is -0.462 e. The number of hydrogen-bond donors (Lipinski definition) is 1. The van der Waals surface area contributed by atoms with E-state index in [1.165, 1.54) is 134 Å². The number of phosphoric acid groups is 1. The van der Waals surface area contributed by atoms with E-state index >= 15 is 0 Å². The molecule has 0 bridgehead atoms. The summed E-state index contributed by atoms with van der Waals surface area (Å²) in [6.45, 7) is 12.6. The predicted molar refractivity (Wildman–Crippen MR) is 237 cm³/mol. The lowest BCUT2D eigenvalue weighted by Gasteiger charge is -2.24. The lowest BCUT2D eigenvalue weighted by Crippen LogP contribution is -2.38. The third kappa shape index (κ3) is 37.1. The summed E-state index contributed by atoms with van der Waals surface area (Å²) in [7, 11) is -3.81. The number of unbranched alkanes of at least 4 members (excludes halogenated alkanes) is 24. The van der Waals surface area contributed by atoms with Crippen LogP contribution < -0.4 is 5.32 Å². The van der Waals surface area contributed by atoms with E-state index in [4.69, 9.17) is 18.3 Å². The van der Waals surface area contributed by atoms with E-state index in [1.54, 1.807) is 0 Å². The van der Waals surface area contributed by atoms with E-state index in [-0.39, 0.29) is 43.8 Å². The summed E-state index contributed by atoms with van der Waals surface area (Å²) in [4.78, 5) is 26.1. The van der Waals surface area contributed by atoms with Crippen LogP contribution >= 0.6 is 7.82 Å². The van der Waals surface area contributed by atoms with Gasteiger partial charge in [-0.3, -0.25) is 23.2 Å². The molecule has 56 heavy (non-hydrogen) atoms. The summed E-state index contributed by atoms with van der Waals surface area (Å²) >= 11 is 0. The van der Waals surface area contributed by atoms with Crippen LogP contribution in [0.4, 0.5) is 0 Å². The molecule has 0 aromatic carbocycles. The molecule has 0 saturated heterocycles. The van der Waals surface area contributed by atoms with Crippen LogP contribution in [0.2, 0.25) is 0 Å². The van der Waals surface area contributed by atoms with Crippen LogP contribution in [-0.2, 0) is 32.5 Å². The summed E-state index contributed by atoms with van der Waals surface area (Å²) in [5.41, 5.74) is 0. The molecule has 0 aromatic rings. The SMILES string of the molecule is C=CCOP(=O)(OCCC)OC[C@@H](CCCC(CCCCCCCC)OC(=O)CCCCCCCCCCCC)NC(=O)CCCCCCCCCCCCC. The van der Waals surface area contributed by atoms with Gasteiger partial charge in [0.25, 0.3) is 0 Å². The van der Waals surface area contributed by atoms with Gasteiger partial charge in [0, 0.05) is 12.8 Å². The molecule has 0 rings (SSSR count). The van der Waals surface area contributed by atoms with Crippen molar-refractivity contribution in [3.05, 3.63) is 12.7 Å². The summed E-state index contributed by atoms with van der Waals surface area (Å²) in [5, 5.41) is 3.16. The molecule has 332 valence electrons. The van der Waals surface area contributed by atoms with Crippen LogP contribution in [0.25, 0.3) is 0 Å². The molecule has 1 amide bonds. The molecular formula is C47H92NO7P. The summed E-state index contributed by atoms with van der Waals surface area (Å²) in [6.07, 6.45) is 39.0. The highest BCUT2D eigenvalue weighted by atomic mass is 31.2. The van der Waals surface area contributed by atoms with Crippen LogP contribution in [0.1, 0.15) is 246 Å². The van der Waals surface area contributed by atoms with Crippen molar-refractivity contribution in [1.82, 2.24) is 5.32 Å². The van der Waals surface area contributed by atoms with Gasteiger partial charge in [-0.15, -0.1) is 6.58 Å². The average molecular weight is 814 g/mol. The van der Waals surface area contributed by atoms with Gasteiger partial charge < -0.3 is 10.1 Å². The number of esters is 1. The quantitative estimate of drug-likeness (QED) is 0.0283. The first-order valence-corrected chi connectivity index (χ1v) is 25.4. The molecular weight excluding hydrogens is 721 g/mol. The maximum atomic E-state index is 13.3. The molecule has 0 aliphatic rings. The van der Waals surface area contributed by atoms with E-state index in [2.05, 4.69) is 32.7 Å². The fourth-order valence-corrected chi connectivity index (χ4v) is 8.38. The number of carbonyl (C=O) groups excluding carboxylic acids is 2. The highest BCUT2D eigenvalue weighted by molar-refractivity contribution is 7.48. The third-order valence-corrected chi connectivity index (χ3v) is 12.0. The van der Waals surface area contributed by atoms with Gasteiger partial charge in [0.05, 0.1) is 25.9 Å². The topological polar surface area (TPSA) is 100 Å². The Hall–Kier alpha value is -1.21. The monoisotopic (exact) mass is 814 g/mol. The van der Waals surface area contributed by atoms with Gasteiger partial charge in [-0.25, -0.2) is 4.57 Å². The maximum Gasteiger partial charge on any atom is 0.475 e. The molecule has 0 aliphatic carbocycles. The van der Waals surface area contributed by atoms with Crippen LogP contribution in [-0.4, -0.2) is 43.8 Å². The Labute approximate surface area is 347 Å². The Kier molecular flexibility index (Phi) is 41.0. The first-order chi connectivity index (χ1) is 27.3. The van der Waals surface area contributed by atoms with Crippen LogP contribution in [0.15, 0.2) is 12.7 Å². The number of nitrogens with one attached hydrogen (secondary N) is 1. The van der Waals surface area contributed by atoms with E-state index in [1.807, 2.05) is 6.92 Å². The summed E-state index contributed by atoms with van der Waals surface area (Å²) in [5.74, 6) is -0.105. The Balaban J connectivity index is 5.12. The van der Waals surface area contributed by atoms with Gasteiger partial charge >= 0.3 is 13.8 Å². The number of amides is 1. The fraction of sp³-hybridized carbons (Fsp3) is 0.915. The third-order valence-electron chi connectivity index (χ3n) is 10.6. The average Bonchev–Trinajstić information content (AvgIpc) is 3.19. The van der Waals surface area contributed by atoms with Gasteiger partial charge in [0.1, 0.15) is 6.10 Å².